The minimum Gasteiger partial charge on any atom is -0.490 e. The Morgan fingerprint density at radius 2 is 1.97 bits per heavy atom. The second-order valence-electron chi connectivity index (χ2n) is 9.29. The predicted octanol–water partition coefficient (Wildman–Crippen LogP) is 6.15. The van der Waals surface area contributed by atoms with Crippen molar-refractivity contribution in [1.29, 1.82) is 0 Å². The van der Waals surface area contributed by atoms with Gasteiger partial charge in [0.1, 0.15) is 5.92 Å². The summed E-state index contributed by atoms with van der Waals surface area (Å²) >= 11 is 12.2. The number of benzene rings is 3. The third-order valence-electron chi connectivity index (χ3n) is 6.78. The third-order valence-corrected chi connectivity index (χ3v) is 7.31. The topological polar surface area (TPSA) is 62.8 Å². The van der Waals surface area contributed by atoms with Crippen molar-refractivity contribution in [2.75, 3.05) is 16.8 Å². The first-order chi connectivity index (χ1) is 17.2. The maximum absolute atomic E-state index is 14.0. The normalized spacial score (nSPS) is 22.2. The van der Waals surface area contributed by atoms with Gasteiger partial charge in [0.15, 0.2) is 22.3 Å². The molecule has 0 aromatic heterocycles. The molecule has 0 aliphatic carbocycles. The van der Waals surface area contributed by atoms with Gasteiger partial charge in [-0.3, -0.25) is 9.69 Å². The number of anilines is 2. The number of hydrogen-bond donors (Lipinski definition) is 2. The Bertz CT molecular complexity index is 1360. The largest absolute Gasteiger partial charge is 0.490 e. The molecule has 6 nitrogen and oxygen atoms in total. The Balaban J connectivity index is 1.65. The lowest BCUT2D eigenvalue weighted by Gasteiger charge is -2.56. The number of halogens is 1. The van der Waals surface area contributed by atoms with E-state index in [0.717, 1.165) is 28.1 Å². The number of hydrogen-bond acceptors (Lipinski definition) is 4. The molecule has 36 heavy (non-hydrogen) atoms. The van der Waals surface area contributed by atoms with E-state index in [1.807, 2.05) is 87.2 Å². The molecule has 3 aromatic rings. The Hall–Kier alpha value is -3.29. The zero-order chi connectivity index (χ0) is 25.6. The van der Waals surface area contributed by atoms with Crippen molar-refractivity contribution in [3.05, 3.63) is 82.4 Å². The fraction of sp³-hybridized carbons (Fsp3) is 0.286. The van der Waals surface area contributed by atoms with Crippen LogP contribution >= 0.6 is 23.8 Å². The van der Waals surface area contributed by atoms with Crippen molar-refractivity contribution < 1.29 is 14.3 Å². The number of amides is 1. The molecule has 0 unspecified atom stereocenters. The van der Waals surface area contributed by atoms with Gasteiger partial charge in [-0.05, 0) is 75.8 Å². The number of carbonyl (C=O) groups is 1. The van der Waals surface area contributed by atoms with Gasteiger partial charge in [0.25, 0.3) is 0 Å². The molecular formula is C28H28ClN3O3S. The van der Waals surface area contributed by atoms with Crippen LogP contribution in [-0.4, -0.2) is 23.4 Å². The van der Waals surface area contributed by atoms with E-state index in [-0.39, 0.29) is 5.91 Å². The molecule has 0 spiro atoms. The monoisotopic (exact) mass is 521 g/mol. The summed E-state index contributed by atoms with van der Waals surface area (Å²) < 4.78 is 12.6. The van der Waals surface area contributed by atoms with Gasteiger partial charge in [0, 0.05) is 22.0 Å². The predicted molar refractivity (Wildman–Crippen MR) is 147 cm³/mol. The first-order valence-electron chi connectivity index (χ1n) is 11.9. The number of para-hydroxylation sites is 1. The van der Waals surface area contributed by atoms with E-state index < -0.39 is 17.7 Å². The lowest BCUT2D eigenvalue weighted by Crippen LogP contribution is -2.72. The van der Waals surface area contributed by atoms with E-state index >= 15 is 0 Å². The lowest BCUT2D eigenvalue weighted by atomic mass is 9.78. The maximum atomic E-state index is 14.0. The fourth-order valence-corrected chi connectivity index (χ4v) is 5.81. The van der Waals surface area contributed by atoms with E-state index in [1.54, 1.807) is 6.07 Å². The van der Waals surface area contributed by atoms with E-state index in [0.29, 0.717) is 28.2 Å². The maximum Gasteiger partial charge on any atom is 0.236 e. The average molecular weight is 522 g/mol. The van der Waals surface area contributed by atoms with E-state index in [4.69, 9.17) is 33.3 Å². The third kappa shape index (κ3) is 4.06. The molecule has 2 bridgehead atoms. The van der Waals surface area contributed by atoms with Gasteiger partial charge in [-0.25, -0.2) is 0 Å². The van der Waals surface area contributed by atoms with Crippen LogP contribution in [0.4, 0.5) is 11.4 Å². The van der Waals surface area contributed by atoms with Crippen LogP contribution in [0.5, 0.6) is 11.5 Å². The zero-order valence-corrected chi connectivity index (χ0v) is 22.2. The number of ether oxygens (including phenoxy) is 2. The first-order valence-corrected chi connectivity index (χ1v) is 12.7. The zero-order valence-electron chi connectivity index (χ0n) is 20.6. The number of fused-ring (bicyclic) bond motifs is 4. The van der Waals surface area contributed by atoms with Crippen molar-refractivity contribution in [3.63, 3.8) is 0 Å². The molecule has 8 heteroatoms. The van der Waals surface area contributed by atoms with Crippen LogP contribution in [0, 0.1) is 19.8 Å². The van der Waals surface area contributed by atoms with Gasteiger partial charge in [0.2, 0.25) is 5.91 Å². The van der Waals surface area contributed by atoms with Crippen molar-refractivity contribution in [2.45, 2.75) is 39.5 Å². The molecule has 3 aromatic carbocycles. The van der Waals surface area contributed by atoms with Crippen LogP contribution in [-0.2, 0) is 4.79 Å². The summed E-state index contributed by atoms with van der Waals surface area (Å²) in [5.74, 6) is 0.391. The highest BCUT2D eigenvalue weighted by Gasteiger charge is 2.59. The van der Waals surface area contributed by atoms with E-state index in [2.05, 4.69) is 10.6 Å². The molecule has 186 valence electrons. The Labute approximate surface area is 221 Å². The number of nitrogens with one attached hydrogen (secondary N) is 2. The lowest BCUT2D eigenvalue weighted by molar-refractivity contribution is -0.130. The molecule has 2 aliphatic heterocycles. The van der Waals surface area contributed by atoms with Crippen molar-refractivity contribution in [1.82, 2.24) is 5.32 Å². The standard InChI is InChI=1S/C28H28ClN3O3S/c1-5-34-22-11-7-10-20-24-23(26(33)30-21-13-12-16(2)14-17(21)3)28(4,35-25(20)22)32(27(36)31-24)19-9-6-8-18(29)15-19/h6-15,23-24H,5H2,1-4H3,(H,30,33)(H,31,36)/t23-,24+,28+/m1/s1. The summed E-state index contributed by atoms with van der Waals surface area (Å²) in [6.45, 7) is 8.32. The summed E-state index contributed by atoms with van der Waals surface area (Å²) in [6.07, 6.45) is 0. The minimum atomic E-state index is -1.17. The van der Waals surface area contributed by atoms with Crippen molar-refractivity contribution in [3.8, 4) is 11.5 Å². The molecule has 1 saturated heterocycles. The molecule has 2 aliphatic rings. The molecule has 2 heterocycles. The summed E-state index contributed by atoms with van der Waals surface area (Å²) in [5, 5.41) is 7.58. The van der Waals surface area contributed by atoms with Gasteiger partial charge >= 0.3 is 0 Å². The summed E-state index contributed by atoms with van der Waals surface area (Å²) in [6, 6.07) is 18.6. The average Bonchev–Trinajstić information content (AvgIpc) is 2.81. The molecular weight excluding hydrogens is 494 g/mol. The first kappa shape index (κ1) is 24.4. The van der Waals surface area contributed by atoms with Gasteiger partial charge in [0.05, 0.1) is 12.6 Å². The van der Waals surface area contributed by atoms with Gasteiger partial charge < -0.3 is 20.1 Å². The molecule has 0 saturated carbocycles. The van der Waals surface area contributed by atoms with Gasteiger partial charge in [-0.15, -0.1) is 0 Å². The minimum absolute atomic E-state index is 0.177. The van der Waals surface area contributed by atoms with Crippen LogP contribution in [0.15, 0.2) is 60.7 Å². The Morgan fingerprint density at radius 1 is 1.19 bits per heavy atom. The summed E-state index contributed by atoms with van der Waals surface area (Å²) in [5.41, 5.74) is 3.27. The SMILES string of the molecule is CCOc1cccc2c1O[C@@]1(C)[C@@H](C(=O)Nc3ccc(C)cc3C)[C@H]2NC(=S)N1c1cccc(Cl)c1. The number of thiocarbonyl (C=S) groups is 1. The summed E-state index contributed by atoms with van der Waals surface area (Å²) in [7, 11) is 0. The quantitative estimate of drug-likeness (QED) is 0.392. The molecule has 1 fully saturated rings. The highest BCUT2D eigenvalue weighted by molar-refractivity contribution is 7.80. The second kappa shape index (κ2) is 9.30. The fourth-order valence-electron chi connectivity index (χ4n) is 5.21. The summed E-state index contributed by atoms with van der Waals surface area (Å²) in [4.78, 5) is 15.9. The van der Waals surface area contributed by atoms with Crippen LogP contribution in [0.2, 0.25) is 5.02 Å². The molecule has 2 N–H and O–H groups in total. The van der Waals surface area contributed by atoms with Gasteiger partial charge in [-0.1, -0.05) is 47.5 Å². The van der Waals surface area contributed by atoms with Crippen LogP contribution < -0.4 is 25.0 Å². The number of carbonyl (C=O) groups excluding carboxylic acids is 1. The second-order valence-corrected chi connectivity index (χ2v) is 10.1. The Kier molecular flexibility index (Phi) is 6.30. The molecule has 0 radical (unpaired) electrons. The highest BCUT2D eigenvalue weighted by atomic mass is 35.5. The number of aryl methyl sites for hydroxylation is 2. The number of nitrogens with zero attached hydrogens (tertiary/aromatic N) is 1. The van der Waals surface area contributed by atoms with Crippen LogP contribution in [0.1, 0.15) is 36.6 Å². The van der Waals surface area contributed by atoms with Gasteiger partial charge in [-0.2, -0.15) is 0 Å². The highest BCUT2D eigenvalue weighted by Crippen LogP contribution is 2.52. The van der Waals surface area contributed by atoms with E-state index in [9.17, 15) is 4.79 Å². The van der Waals surface area contributed by atoms with Crippen molar-refractivity contribution >= 4 is 46.2 Å². The Morgan fingerprint density at radius 3 is 2.69 bits per heavy atom. The van der Waals surface area contributed by atoms with Crippen LogP contribution in [0.25, 0.3) is 0 Å². The van der Waals surface area contributed by atoms with Crippen LogP contribution in [0.3, 0.4) is 0 Å². The number of rotatable bonds is 5. The molecule has 1 amide bonds. The molecule has 3 atom stereocenters. The van der Waals surface area contributed by atoms with E-state index in [1.165, 1.54) is 0 Å². The smallest absolute Gasteiger partial charge is 0.236 e. The van der Waals surface area contributed by atoms with Crippen molar-refractivity contribution in [2.24, 2.45) is 5.92 Å². The molecule has 5 rings (SSSR count).